The predicted octanol–water partition coefficient (Wildman–Crippen LogP) is 11.5. The van der Waals surface area contributed by atoms with E-state index < -0.39 is 32.5 Å². The van der Waals surface area contributed by atoms with Crippen molar-refractivity contribution in [2.24, 2.45) is 0 Å². The van der Waals surface area contributed by atoms with Gasteiger partial charge >= 0.3 is 19.8 Å². The topological polar surface area (TPSA) is 119 Å². The number of hydrogen-bond donors (Lipinski definition) is 2. The average Bonchev–Trinajstić information content (AvgIpc) is 3.04. The molecule has 0 spiro atoms. The Morgan fingerprint density at radius 3 is 1.30 bits per heavy atom. The van der Waals surface area contributed by atoms with Gasteiger partial charge in [0.05, 0.1) is 6.61 Å². The van der Waals surface area contributed by atoms with Crippen LogP contribution in [0.3, 0.4) is 0 Å². The van der Waals surface area contributed by atoms with E-state index in [0.29, 0.717) is 6.42 Å². The molecule has 0 saturated carbocycles. The summed E-state index contributed by atoms with van der Waals surface area (Å²) in [5, 5.41) is 0. The second-order valence-electron chi connectivity index (χ2n) is 13.3. The van der Waals surface area contributed by atoms with Crippen LogP contribution in [0.2, 0.25) is 0 Å². The third-order valence-corrected chi connectivity index (χ3v) is 9.02. The van der Waals surface area contributed by atoms with Crippen molar-refractivity contribution in [3.8, 4) is 0 Å². The largest absolute Gasteiger partial charge is 0.469 e. The van der Waals surface area contributed by atoms with E-state index >= 15 is 0 Å². The van der Waals surface area contributed by atoms with Crippen molar-refractivity contribution >= 4 is 19.8 Å². The van der Waals surface area contributed by atoms with Crippen molar-refractivity contribution in [1.29, 1.82) is 0 Å². The minimum absolute atomic E-state index is 0.211. The molecule has 0 aromatic carbocycles. The van der Waals surface area contributed by atoms with Gasteiger partial charge in [0, 0.05) is 12.8 Å². The second-order valence-corrected chi connectivity index (χ2v) is 14.5. The molecule has 0 radical (unpaired) electrons. The number of carbonyl (C=O) groups is 2. The van der Waals surface area contributed by atoms with Crippen LogP contribution >= 0.6 is 7.82 Å². The number of hydrogen-bond acceptors (Lipinski definition) is 6. The fourth-order valence-electron chi connectivity index (χ4n) is 5.60. The fraction of sp³-hybridized carbons (Fsp3) is 0.895. The minimum atomic E-state index is -4.74. The Kier molecular flexibility index (Phi) is 33.8. The van der Waals surface area contributed by atoms with E-state index in [9.17, 15) is 14.2 Å². The zero-order valence-electron chi connectivity index (χ0n) is 30.4. The number of ether oxygens (including phenoxy) is 2. The van der Waals surface area contributed by atoms with Crippen LogP contribution in [-0.4, -0.2) is 41.0 Å². The molecule has 1 atom stereocenters. The van der Waals surface area contributed by atoms with Gasteiger partial charge in [-0.3, -0.25) is 14.1 Å². The summed E-state index contributed by atoms with van der Waals surface area (Å²) >= 11 is 0. The highest BCUT2D eigenvalue weighted by atomic mass is 31.2. The van der Waals surface area contributed by atoms with Crippen LogP contribution in [0.4, 0.5) is 0 Å². The summed E-state index contributed by atoms with van der Waals surface area (Å²) in [4.78, 5) is 42.7. The van der Waals surface area contributed by atoms with Crippen molar-refractivity contribution in [1.82, 2.24) is 0 Å². The number of phosphoric acid groups is 1. The Morgan fingerprint density at radius 1 is 0.532 bits per heavy atom. The summed E-state index contributed by atoms with van der Waals surface area (Å²) in [7, 11) is -4.74. The molecule has 0 amide bonds. The highest BCUT2D eigenvalue weighted by molar-refractivity contribution is 7.46. The molecule has 0 aromatic rings. The molecule has 278 valence electrons. The summed E-state index contributed by atoms with van der Waals surface area (Å²) in [5.41, 5.74) is 0. The van der Waals surface area contributed by atoms with Crippen LogP contribution in [0.5, 0.6) is 0 Å². The standard InChI is InChI=1S/C38H73O8P/c1-3-5-7-9-11-13-15-17-18-19-20-21-23-25-27-29-31-33-38(40)46-36(35-45-47(41,42)43)34-44-37(39)32-30-28-26-24-22-16-14-12-10-8-6-4-2/h17-18,36H,3-16,19-35H2,1-2H3,(H2,41,42,43)/b18-17-. The van der Waals surface area contributed by atoms with Crippen molar-refractivity contribution in [3.05, 3.63) is 12.2 Å². The van der Waals surface area contributed by atoms with Crippen LogP contribution in [-0.2, 0) is 28.2 Å². The lowest BCUT2D eigenvalue weighted by atomic mass is 10.0. The molecule has 0 rings (SSSR count). The van der Waals surface area contributed by atoms with E-state index in [1.807, 2.05) is 0 Å². The van der Waals surface area contributed by atoms with E-state index in [2.05, 4.69) is 30.5 Å². The second kappa shape index (κ2) is 34.6. The van der Waals surface area contributed by atoms with Gasteiger partial charge in [0.15, 0.2) is 6.10 Å². The van der Waals surface area contributed by atoms with Gasteiger partial charge in [0.25, 0.3) is 0 Å². The molecule has 47 heavy (non-hydrogen) atoms. The molecule has 0 heterocycles. The van der Waals surface area contributed by atoms with Gasteiger partial charge in [-0.1, -0.05) is 161 Å². The molecule has 0 aliphatic heterocycles. The Labute approximate surface area is 288 Å². The predicted molar refractivity (Wildman–Crippen MR) is 193 cm³/mol. The monoisotopic (exact) mass is 689 g/mol. The van der Waals surface area contributed by atoms with Gasteiger partial charge in [-0.15, -0.1) is 0 Å². The summed E-state index contributed by atoms with van der Waals surface area (Å²) < 4.78 is 26.3. The normalized spacial score (nSPS) is 12.5. The molecular formula is C38H73O8P. The smallest absolute Gasteiger partial charge is 0.462 e. The van der Waals surface area contributed by atoms with Crippen LogP contribution < -0.4 is 0 Å². The minimum Gasteiger partial charge on any atom is -0.462 e. The number of phosphoric ester groups is 1. The number of esters is 2. The number of carbonyl (C=O) groups excluding carboxylic acids is 2. The highest BCUT2D eigenvalue weighted by Gasteiger charge is 2.22. The quantitative estimate of drug-likeness (QED) is 0.0289. The number of allylic oxidation sites excluding steroid dienone is 2. The molecule has 0 aliphatic rings. The maximum absolute atomic E-state index is 12.4. The molecule has 0 bridgehead atoms. The molecule has 1 unspecified atom stereocenters. The van der Waals surface area contributed by atoms with E-state index in [-0.39, 0.29) is 19.4 Å². The van der Waals surface area contributed by atoms with E-state index in [0.717, 1.165) is 44.9 Å². The van der Waals surface area contributed by atoms with Crippen molar-refractivity contribution in [3.63, 3.8) is 0 Å². The maximum atomic E-state index is 12.4. The number of rotatable bonds is 36. The first-order valence-electron chi connectivity index (χ1n) is 19.5. The Balaban J connectivity index is 3.92. The zero-order chi connectivity index (χ0) is 34.7. The lowest BCUT2D eigenvalue weighted by molar-refractivity contribution is -0.161. The van der Waals surface area contributed by atoms with Crippen LogP contribution in [0, 0.1) is 0 Å². The third-order valence-electron chi connectivity index (χ3n) is 8.53. The molecule has 0 aromatic heterocycles. The van der Waals surface area contributed by atoms with E-state index in [1.165, 1.54) is 122 Å². The van der Waals surface area contributed by atoms with Gasteiger partial charge < -0.3 is 19.3 Å². The lowest BCUT2D eigenvalue weighted by Gasteiger charge is -2.18. The number of unbranched alkanes of at least 4 members (excludes halogenated alkanes) is 24. The highest BCUT2D eigenvalue weighted by Crippen LogP contribution is 2.36. The van der Waals surface area contributed by atoms with E-state index in [4.69, 9.17) is 19.3 Å². The van der Waals surface area contributed by atoms with Gasteiger partial charge in [-0.25, -0.2) is 4.57 Å². The molecule has 0 saturated heterocycles. The van der Waals surface area contributed by atoms with Crippen LogP contribution in [0.15, 0.2) is 12.2 Å². The van der Waals surface area contributed by atoms with Gasteiger partial charge in [-0.2, -0.15) is 0 Å². The SMILES string of the molecule is CCCCCCCC/C=C\CCCCCCCCCC(=O)OC(COC(=O)CCCCCCCCCCCCCC)COP(=O)(O)O. The zero-order valence-corrected chi connectivity index (χ0v) is 31.3. The summed E-state index contributed by atoms with van der Waals surface area (Å²) in [6, 6.07) is 0. The maximum Gasteiger partial charge on any atom is 0.469 e. The van der Waals surface area contributed by atoms with Crippen molar-refractivity contribution < 1.29 is 37.9 Å². The van der Waals surface area contributed by atoms with E-state index in [1.54, 1.807) is 0 Å². The van der Waals surface area contributed by atoms with Crippen molar-refractivity contribution in [2.45, 2.75) is 206 Å². The van der Waals surface area contributed by atoms with Gasteiger partial charge in [0.1, 0.15) is 6.61 Å². The Hall–Kier alpha value is -1.21. The molecule has 0 aliphatic carbocycles. The molecule has 8 nitrogen and oxygen atoms in total. The van der Waals surface area contributed by atoms with Crippen LogP contribution in [0.1, 0.15) is 200 Å². The average molecular weight is 689 g/mol. The van der Waals surface area contributed by atoms with Crippen LogP contribution in [0.25, 0.3) is 0 Å². The Morgan fingerprint density at radius 2 is 0.894 bits per heavy atom. The van der Waals surface area contributed by atoms with Gasteiger partial charge in [0.2, 0.25) is 0 Å². The summed E-state index contributed by atoms with van der Waals surface area (Å²) in [5.74, 6) is -0.882. The first kappa shape index (κ1) is 45.8. The third kappa shape index (κ3) is 37.5. The first-order chi connectivity index (χ1) is 22.8. The molecule has 2 N–H and O–H groups in total. The fourth-order valence-corrected chi connectivity index (χ4v) is 5.96. The van der Waals surface area contributed by atoms with Gasteiger partial charge in [-0.05, 0) is 38.5 Å². The summed E-state index contributed by atoms with van der Waals surface area (Å²) in [6.45, 7) is 3.68. The summed E-state index contributed by atoms with van der Waals surface area (Å²) in [6.07, 6.45) is 36.4. The molecular weight excluding hydrogens is 615 g/mol. The first-order valence-corrected chi connectivity index (χ1v) is 21.0. The molecule has 0 fully saturated rings. The lowest BCUT2D eigenvalue weighted by Crippen LogP contribution is -2.29. The Bertz CT molecular complexity index is 782. The molecule has 9 heteroatoms. The van der Waals surface area contributed by atoms with Crippen molar-refractivity contribution in [2.75, 3.05) is 13.2 Å².